The Morgan fingerprint density at radius 1 is 0.957 bits per heavy atom. The molecule has 0 aromatic heterocycles. The molecule has 0 unspecified atom stereocenters. The van der Waals surface area contributed by atoms with Gasteiger partial charge in [0.05, 0.1) is 26.9 Å². The van der Waals surface area contributed by atoms with Crippen molar-refractivity contribution in [3.8, 4) is 23.0 Å². The first-order valence-electron chi connectivity index (χ1n) is 6.47. The third-order valence-electron chi connectivity index (χ3n) is 3.00. The minimum atomic E-state index is -0.745. The van der Waals surface area contributed by atoms with E-state index in [1.54, 1.807) is 6.07 Å². The average molecular weight is 385 g/mol. The Morgan fingerprint density at radius 2 is 1.57 bits per heavy atom. The lowest BCUT2D eigenvalue weighted by atomic mass is 10.2. The highest BCUT2D eigenvalue weighted by molar-refractivity contribution is 9.10. The monoisotopic (exact) mass is 384 g/mol. The van der Waals surface area contributed by atoms with Crippen LogP contribution in [0.5, 0.6) is 23.0 Å². The normalized spacial score (nSPS) is 10.1. The van der Waals surface area contributed by atoms with Gasteiger partial charge in [-0.15, -0.1) is 0 Å². The molecule has 5 nitrogen and oxygen atoms in total. The zero-order valence-corrected chi connectivity index (χ0v) is 14.3. The van der Waals surface area contributed by atoms with Crippen molar-refractivity contribution in [1.29, 1.82) is 0 Å². The van der Waals surface area contributed by atoms with Crippen molar-refractivity contribution in [2.45, 2.75) is 0 Å². The molecule has 0 fully saturated rings. The molecule has 23 heavy (non-hydrogen) atoms. The Kier molecular flexibility index (Phi) is 5.44. The van der Waals surface area contributed by atoms with Crippen molar-refractivity contribution >= 4 is 21.9 Å². The number of carbonyl (C=O) groups is 1. The summed E-state index contributed by atoms with van der Waals surface area (Å²) in [4.78, 5) is 12.2. The first-order chi connectivity index (χ1) is 11.0. The summed E-state index contributed by atoms with van der Waals surface area (Å²) in [6.45, 7) is 0. The lowest BCUT2D eigenvalue weighted by Gasteiger charge is -2.13. The SMILES string of the molecule is COc1cc(C(=O)Oc2ccc(Br)cc2F)cc(OC)c1OC. The van der Waals surface area contributed by atoms with Crippen molar-refractivity contribution in [3.05, 3.63) is 46.2 Å². The molecule has 0 radical (unpaired) electrons. The third-order valence-corrected chi connectivity index (χ3v) is 3.49. The summed E-state index contributed by atoms with van der Waals surface area (Å²) >= 11 is 3.13. The van der Waals surface area contributed by atoms with Gasteiger partial charge in [0.2, 0.25) is 5.75 Å². The highest BCUT2D eigenvalue weighted by atomic mass is 79.9. The molecule has 0 bridgehead atoms. The van der Waals surface area contributed by atoms with Gasteiger partial charge in [-0.3, -0.25) is 0 Å². The lowest BCUT2D eigenvalue weighted by Crippen LogP contribution is -2.10. The van der Waals surface area contributed by atoms with E-state index in [1.807, 2.05) is 0 Å². The van der Waals surface area contributed by atoms with Crippen LogP contribution in [0, 0.1) is 5.82 Å². The highest BCUT2D eigenvalue weighted by Gasteiger charge is 2.19. The molecule has 0 N–H and O–H groups in total. The Balaban J connectivity index is 2.35. The Hall–Kier alpha value is -2.28. The van der Waals surface area contributed by atoms with E-state index in [0.717, 1.165) is 0 Å². The number of methoxy groups -OCH3 is 3. The van der Waals surface area contributed by atoms with Crippen molar-refractivity contribution in [2.24, 2.45) is 0 Å². The van der Waals surface area contributed by atoms with Gasteiger partial charge in [-0.05, 0) is 30.3 Å². The van der Waals surface area contributed by atoms with Gasteiger partial charge in [-0.1, -0.05) is 15.9 Å². The first kappa shape index (κ1) is 17.1. The lowest BCUT2D eigenvalue weighted by molar-refractivity contribution is 0.0727. The summed E-state index contributed by atoms with van der Waals surface area (Å²) in [6.07, 6.45) is 0. The Bertz CT molecular complexity index is 707. The molecule has 2 aromatic carbocycles. The van der Waals surface area contributed by atoms with E-state index in [4.69, 9.17) is 18.9 Å². The van der Waals surface area contributed by atoms with E-state index in [1.165, 1.54) is 45.6 Å². The number of halogens is 2. The summed E-state index contributed by atoms with van der Waals surface area (Å²) in [5, 5.41) is 0. The van der Waals surface area contributed by atoms with Gasteiger partial charge in [0.15, 0.2) is 23.1 Å². The summed E-state index contributed by atoms with van der Waals surface area (Å²) in [5.41, 5.74) is 0.141. The van der Waals surface area contributed by atoms with Gasteiger partial charge >= 0.3 is 5.97 Å². The van der Waals surface area contributed by atoms with E-state index in [-0.39, 0.29) is 11.3 Å². The van der Waals surface area contributed by atoms with E-state index in [2.05, 4.69) is 15.9 Å². The van der Waals surface area contributed by atoms with E-state index >= 15 is 0 Å². The van der Waals surface area contributed by atoms with Crippen molar-refractivity contribution < 1.29 is 28.1 Å². The van der Waals surface area contributed by atoms with Gasteiger partial charge in [0.1, 0.15) is 0 Å². The summed E-state index contributed by atoms with van der Waals surface area (Å²) in [6, 6.07) is 6.99. The minimum Gasteiger partial charge on any atom is -0.493 e. The number of hydrogen-bond acceptors (Lipinski definition) is 5. The number of esters is 1. The molecular weight excluding hydrogens is 371 g/mol. The fourth-order valence-corrected chi connectivity index (χ4v) is 2.25. The minimum absolute atomic E-state index is 0.141. The summed E-state index contributed by atoms with van der Waals surface area (Å²) in [5.74, 6) is -0.621. The van der Waals surface area contributed by atoms with Crippen LogP contribution in [0.15, 0.2) is 34.8 Å². The zero-order chi connectivity index (χ0) is 17.0. The Morgan fingerprint density at radius 3 is 2.04 bits per heavy atom. The van der Waals surface area contributed by atoms with Crippen molar-refractivity contribution in [2.75, 3.05) is 21.3 Å². The van der Waals surface area contributed by atoms with E-state index < -0.39 is 11.8 Å². The molecule has 2 aromatic rings. The predicted molar refractivity (Wildman–Crippen MR) is 85.2 cm³/mol. The predicted octanol–water partition coefficient (Wildman–Crippen LogP) is 3.83. The van der Waals surface area contributed by atoms with Gasteiger partial charge < -0.3 is 18.9 Å². The van der Waals surface area contributed by atoms with Crippen LogP contribution in [0.3, 0.4) is 0 Å². The second kappa shape index (κ2) is 7.32. The van der Waals surface area contributed by atoms with E-state index in [9.17, 15) is 9.18 Å². The average Bonchev–Trinajstić information content (AvgIpc) is 2.55. The second-order valence-corrected chi connectivity index (χ2v) is 5.29. The van der Waals surface area contributed by atoms with Gasteiger partial charge in [0.25, 0.3) is 0 Å². The molecule has 0 saturated carbocycles. The molecule has 0 heterocycles. The van der Waals surface area contributed by atoms with Gasteiger partial charge in [-0.25, -0.2) is 9.18 Å². The molecule has 0 amide bonds. The molecule has 2 rings (SSSR count). The van der Waals surface area contributed by atoms with Crippen LogP contribution in [0.25, 0.3) is 0 Å². The smallest absolute Gasteiger partial charge is 0.343 e. The van der Waals surface area contributed by atoms with Crippen LogP contribution in [0.1, 0.15) is 10.4 Å². The maximum atomic E-state index is 13.8. The molecule has 0 atom stereocenters. The van der Waals surface area contributed by atoms with Crippen LogP contribution >= 0.6 is 15.9 Å². The fourth-order valence-electron chi connectivity index (χ4n) is 1.92. The van der Waals surface area contributed by atoms with Crippen molar-refractivity contribution in [1.82, 2.24) is 0 Å². The molecule has 0 spiro atoms. The van der Waals surface area contributed by atoms with Crippen LogP contribution in [-0.4, -0.2) is 27.3 Å². The molecule has 7 heteroatoms. The summed E-state index contributed by atoms with van der Waals surface area (Å²) in [7, 11) is 4.32. The second-order valence-electron chi connectivity index (χ2n) is 4.38. The standard InChI is InChI=1S/C16H14BrFO5/c1-20-13-6-9(7-14(21-2)15(13)22-3)16(19)23-12-5-4-10(17)8-11(12)18/h4-8H,1-3H3. The van der Waals surface area contributed by atoms with E-state index in [0.29, 0.717) is 21.7 Å². The number of hydrogen-bond donors (Lipinski definition) is 0. The topological polar surface area (TPSA) is 54.0 Å². The number of carbonyl (C=O) groups excluding carboxylic acids is 1. The molecule has 0 aliphatic rings. The molecule has 0 aliphatic carbocycles. The molecular formula is C16H14BrFO5. The van der Waals surface area contributed by atoms with Gasteiger partial charge in [-0.2, -0.15) is 0 Å². The maximum absolute atomic E-state index is 13.8. The zero-order valence-electron chi connectivity index (χ0n) is 12.7. The number of benzene rings is 2. The molecule has 122 valence electrons. The number of ether oxygens (including phenoxy) is 4. The molecule has 0 aliphatic heterocycles. The number of rotatable bonds is 5. The van der Waals surface area contributed by atoms with Gasteiger partial charge in [0, 0.05) is 4.47 Å². The third kappa shape index (κ3) is 3.73. The maximum Gasteiger partial charge on any atom is 0.343 e. The first-order valence-corrected chi connectivity index (χ1v) is 7.26. The molecule has 0 saturated heterocycles. The Labute approximate surface area is 141 Å². The van der Waals surface area contributed by atoms with Crippen LogP contribution in [0.4, 0.5) is 4.39 Å². The fraction of sp³-hybridized carbons (Fsp3) is 0.188. The van der Waals surface area contributed by atoms with Crippen LogP contribution < -0.4 is 18.9 Å². The largest absolute Gasteiger partial charge is 0.493 e. The van der Waals surface area contributed by atoms with Crippen LogP contribution in [0.2, 0.25) is 0 Å². The quantitative estimate of drug-likeness (QED) is 0.579. The van der Waals surface area contributed by atoms with Crippen LogP contribution in [-0.2, 0) is 0 Å². The highest BCUT2D eigenvalue weighted by Crippen LogP contribution is 2.38. The van der Waals surface area contributed by atoms with Crippen molar-refractivity contribution in [3.63, 3.8) is 0 Å². The summed E-state index contributed by atoms with van der Waals surface area (Å²) < 4.78 is 34.9.